The Morgan fingerprint density at radius 3 is 2.48 bits per heavy atom. The summed E-state index contributed by atoms with van der Waals surface area (Å²) in [5.41, 5.74) is 1.76. The third-order valence-electron chi connectivity index (χ3n) is 4.50. The van der Waals surface area contributed by atoms with E-state index in [1.54, 1.807) is 12.1 Å². The number of hydrogen-bond acceptors (Lipinski definition) is 3. The summed E-state index contributed by atoms with van der Waals surface area (Å²) in [4.78, 5) is 16.6. The molecule has 29 heavy (non-hydrogen) atoms. The number of amides is 1. The molecular weight excluding hydrogens is 364 g/mol. The number of guanidine groups is 1. The third-order valence-corrected chi connectivity index (χ3v) is 4.50. The molecule has 0 saturated carbocycles. The summed E-state index contributed by atoms with van der Waals surface area (Å²) in [6.07, 6.45) is 0. The first-order valence-corrected chi connectivity index (χ1v) is 9.67. The zero-order chi connectivity index (χ0) is 20.6. The molecule has 0 fully saturated rings. The van der Waals surface area contributed by atoms with Crippen molar-refractivity contribution < 1.29 is 9.90 Å². The van der Waals surface area contributed by atoms with Crippen LogP contribution < -0.4 is 16.0 Å². The van der Waals surface area contributed by atoms with Gasteiger partial charge in [-0.1, -0.05) is 36.4 Å². The summed E-state index contributed by atoms with van der Waals surface area (Å²) in [5, 5.41) is 21.0. The molecule has 0 aliphatic carbocycles. The van der Waals surface area contributed by atoms with E-state index in [1.165, 1.54) is 22.9 Å². The summed E-state index contributed by atoms with van der Waals surface area (Å²) in [6, 6.07) is 21.0. The number of nitrogens with zero attached hydrogens (tertiary/aromatic N) is 1. The quantitative estimate of drug-likeness (QED) is 0.293. The van der Waals surface area contributed by atoms with Crippen LogP contribution in [0, 0.1) is 0 Å². The highest BCUT2D eigenvalue weighted by atomic mass is 16.3. The van der Waals surface area contributed by atoms with Gasteiger partial charge in [0.25, 0.3) is 0 Å². The fourth-order valence-electron chi connectivity index (χ4n) is 2.98. The number of fused-ring (bicyclic) bond motifs is 1. The Hall–Kier alpha value is -3.54. The van der Waals surface area contributed by atoms with Crippen LogP contribution in [0.25, 0.3) is 10.8 Å². The largest absolute Gasteiger partial charge is 0.508 e. The molecule has 1 unspecified atom stereocenters. The zero-order valence-corrected chi connectivity index (χ0v) is 16.6. The molecule has 0 aromatic heterocycles. The third kappa shape index (κ3) is 5.72. The minimum absolute atomic E-state index is 0.0132. The van der Waals surface area contributed by atoms with Gasteiger partial charge in [-0.2, -0.15) is 0 Å². The van der Waals surface area contributed by atoms with Gasteiger partial charge in [0.1, 0.15) is 12.3 Å². The second-order valence-corrected chi connectivity index (χ2v) is 6.76. The van der Waals surface area contributed by atoms with Gasteiger partial charge < -0.3 is 21.1 Å². The van der Waals surface area contributed by atoms with E-state index in [9.17, 15) is 9.90 Å². The maximum Gasteiger partial charge on any atom is 0.246 e. The first kappa shape index (κ1) is 20.2. The number of rotatable bonds is 6. The van der Waals surface area contributed by atoms with E-state index >= 15 is 0 Å². The van der Waals surface area contributed by atoms with Crippen molar-refractivity contribution in [2.75, 3.05) is 18.4 Å². The molecule has 6 nitrogen and oxygen atoms in total. The Balaban J connectivity index is 1.64. The minimum atomic E-state index is -0.230. The molecule has 0 bridgehead atoms. The van der Waals surface area contributed by atoms with Crippen LogP contribution in [0.2, 0.25) is 0 Å². The predicted octanol–water partition coefficient (Wildman–Crippen LogP) is 3.80. The monoisotopic (exact) mass is 390 g/mol. The van der Waals surface area contributed by atoms with E-state index in [2.05, 4.69) is 58.2 Å². The number of nitrogens with one attached hydrogen (secondary N) is 3. The van der Waals surface area contributed by atoms with Crippen LogP contribution in [0.15, 0.2) is 71.7 Å². The van der Waals surface area contributed by atoms with Crippen molar-refractivity contribution in [2.24, 2.45) is 4.99 Å². The second-order valence-electron chi connectivity index (χ2n) is 6.76. The number of carbonyl (C=O) groups is 1. The van der Waals surface area contributed by atoms with Crippen LogP contribution in [-0.2, 0) is 4.79 Å². The molecule has 3 rings (SSSR count). The van der Waals surface area contributed by atoms with Crippen molar-refractivity contribution in [3.63, 3.8) is 0 Å². The Bertz CT molecular complexity index is 999. The van der Waals surface area contributed by atoms with E-state index in [1.807, 2.05) is 19.1 Å². The average molecular weight is 390 g/mol. The first-order valence-electron chi connectivity index (χ1n) is 9.67. The van der Waals surface area contributed by atoms with Gasteiger partial charge in [-0.25, -0.2) is 4.99 Å². The fraction of sp³-hybridized carbons (Fsp3) is 0.217. The summed E-state index contributed by atoms with van der Waals surface area (Å²) < 4.78 is 0. The summed E-state index contributed by atoms with van der Waals surface area (Å²) in [5.74, 6) is 0.502. The lowest BCUT2D eigenvalue weighted by molar-refractivity contribution is -0.114. The van der Waals surface area contributed by atoms with Gasteiger partial charge in [-0.15, -0.1) is 0 Å². The van der Waals surface area contributed by atoms with Crippen molar-refractivity contribution in [3.05, 3.63) is 72.3 Å². The van der Waals surface area contributed by atoms with E-state index in [4.69, 9.17) is 0 Å². The van der Waals surface area contributed by atoms with Crippen LogP contribution in [0.5, 0.6) is 5.75 Å². The molecule has 150 valence electrons. The van der Waals surface area contributed by atoms with Crippen LogP contribution in [0.1, 0.15) is 25.5 Å². The molecule has 1 atom stereocenters. The molecular formula is C23H26N4O2. The van der Waals surface area contributed by atoms with Gasteiger partial charge in [-0.3, -0.25) is 4.79 Å². The Morgan fingerprint density at radius 2 is 1.76 bits per heavy atom. The topological polar surface area (TPSA) is 85.8 Å². The molecule has 0 spiro atoms. The van der Waals surface area contributed by atoms with Crippen molar-refractivity contribution in [1.29, 1.82) is 0 Å². The standard InChI is InChI=1S/C23H26N4O2/c1-3-24-23(25-15-22(29)27-20-10-12-21(28)13-11-20)26-16(2)18-9-8-17-6-4-5-7-19(17)14-18/h4-14,16,28H,3,15H2,1-2H3,(H,27,29)(H2,24,25,26). The van der Waals surface area contributed by atoms with E-state index in [0.717, 1.165) is 5.56 Å². The molecule has 0 aliphatic rings. The van der Waals surface area contributed by atoms with Gasteiger partial charge in [0.2, 0.25) is 5.91 Å². The van der Waals surface area contributed by atoms with E-state index in [-0.39, 0.29) is 24.2 Å². The smallest absolute Gasteiger partial charge is 0.246 e. The second kappa shape index (κ2) is 9.59. The lowest BCUT2D eigenvalue weighted by atomic mass is 10.0. The lowest BCUT2D eigenvalue weighted by Gasteiger charge is -2.18. The van der Waals surface area contributed by atoms with Crippen molar-refractivity contribution in [1.82, 2.24) is 10.6 Å². The number of aromatic hydroxyl groups is 1. The summed E-state index contributed by atoms with van der Waals surface area (Å²) in [6.45, 7) is 4.72. The van der Waals surface area contributed by atoms with Crippen LogP contribution in [-0.4, -0.2) is 30.1 Å². The van der Waals surface area contributed by atoms with Gasteiger partial charge in [0.05, 0.1) is 6.04 Å². The molecule has 1 amide bonds. The van der Waals surface area contributed by atoms with Gasteiger partial charge in [0.15, 0.2) is 5.96 Å². The number of anilines is 1. The van der Waals surface area contributed by atoms with Gasteiger partial charge in [-0.05, 0) is 60.5 Å². The van der Waals surface area contributed by atoms with Crippen LogP contribution >= 0.6 is 0 Å². The van der Waals surface area contributed by atoms with Gasteiger partial charge >= 0.3 is 0 Å². The van der Waals surface area contributed by atoms with Crippen molar-refractivity contribution >= 4 is 28.3 Å². The molecule has 6 heteroatoms. The van der Waals surface area contributed by atoms with Gasteiger partial charge in [0, 0.05) is 12.2 Å². The fourth-order valence-corrected chi connectivity index (χ4v) is 2.98. The summed E-state index contributed by atoms with van der Waals surface area (Å²) >= 11 is 0. The normalized spacial score (nSPS) is 12.4. The summed E-state index contributed by atoms with van der Waals surface area (Å²) in [7, 11) is 0. The van der Waals surface area contributed by atoms with E-state index < -0.39 is 0 Å². The number of carbonyl (C=O) groups excluding carboxylic acids is 1. The number of phenols is 1. The van der Waals surface area contributed by atoms with Crippen LogP contribution in [0.3, 0.4) is 0 Å². The van der Waals surface area contributed by atoms with E-state index in [0.29, 0.717) is 18.2 Å². The highest BCUT2D eigenvalue weighted by Crippen LogP contribution is 2.20. The molecule has 0 heterocycles. The van der Waals surface area contributed by atoms with Crippen LogP contribution in [0.4, 0.5) is 5.69 Å². The highest BCUT2D eigenvalue weighted by Gasteiger charge is 2.09. The minimum Gasteiger partial charge on any atom is -0.508 e. The average Bonchev–Trinajstić information content (AvgIpc) is 2.73. The lowest BCUT2D eigenvalue weighted by Crippen LogP contribution is -2.39. The maximum absolute atomic E-state index is 12.2. The van der Waals surface area contributed by atoms with Crippen molar-refractivity contribution in [3.8, 4) is 5.75 Å². The molecule has 0 aliphatic heterocycles. The maximum atomic E-state index is 12.2. The Labute approximate surface area is 170 Å². The zero-order valence-electron chi connectivity index (χ0n) is 16.6. The molecule has 3 aromatic carbocycles. The molecule has 0 saturated heterocycles. The number of benzene rings is 3. The highest BCUT2D eigenvalue weighted by molar-refractivity contribution is 5.94. The Kier molecular flexibility index (Phi) is 6.68. The first-order chi connectivity index (χ1) is 14.0. The van der Waals surface area contributed by atoms with Crippen molar-refractivity contribution in [2.45, 2.75) is 19.9 Å². The number of hydrogen-bond donors (Lipinski definition) is 4. The Morgan fingerprint density at radius 1 is 1.03 bits per heavy atom. The predicted molar refractivity (Wildman–Crippen MR) is 118 cm³/mol. The molecule has 4 N–H and O–H groups in total. The molecule has 3 aromatic rings. The number of phenolic OH excluding ortho intramolecular Hbond substituents is 1. The SMILES string of the molecule is CCNC(=NCC(=O)Nc1ccc(O)cc1)NC(C)c1ccc2ccccc2c1. The number of aliphatic imine (C=N–C) groups is 1. The molecule has 0 radical (unpaired) electrons.